The maximum absolute atomic E-state index is 11.5. The van der Waals surface area contributed by atoms with Crippen LogP contribution in [-0.2, 0) is 4.74 Å². The van der Waals surface area contributed by atoms with Crippen molar-refractivity contribution in [3.8, 4) is 0 Å². The monoisotopic (exact) mass is 277 g/mol. The minimum atomic E-state index is -0.532. The fourth-order valence-corrected chi connectivity index (χ4v) is 2.41. The van der Waals surface area contributed by atoms with Gasteiger partial charge in [0.25, 0.3) is 0 Å². The van der Waals surface area contributed by atoms with Gasteiger partial charge in [-0.3, -0.25) is 0 Å². The van der Waals surface area contributed by atoms with E-state index in [-0.39, 0.29) is 11.9 Å². The number of carbonyl (C=O) groups is 1. The third-order valence-corrected chi connectivity index (χ3v) is 3.33. The number of nitrogens with one attached hydrogen (secondary N) is 1. The molecule has 0 bridgehead atoms. The first-order chi connectivity index (χ1) is 9.10. The van der Waals surface area contributed by atoms with Gasteiger partial charge in [-0.2, -0.15) is 11.3 Å². The molecule has 2 heterocycles. The number of anilines is 1. The van der Waals surface area contributed by atoms with Crippen LogP contribution in [0.25, 0.3) is 0 Å². The van der Waals surface area contributed by atoms with E-state index >= 15 is 0 Å². The highest BCUT2D eigenvalue weighted by atomic mass is 32.1. The zero-order valence-corrected chi connectivity index (χ0v) is 11.8. The van der Waals surface area contributed by atoms with E-state index in [0.717, 1.165) is 5.69 Å². The second kappa shape index (κ2) is 5.79. The van der Waals surface area contributed by atoms with Gasteiger partial charge in [0.1, 0.15) is 5.82 Å². The van der Waals surface area contributed by atoms with Crippen LogP contribution in [-0.4, -0.2) is 23.0 Å². The van der Waals surface area contributed by atoms with E-state index in [0.29, 0.717) is 5.82 Å². The van der Waals surface area contributed by atoms with Crippen molar-refractivity contribution < 1.29 is 9.53 Å². The molecule has 6 heteroatoms. The Morgan fingerprint density at radius 1 is 1.47 bits per heavy atom. The predicted octanol–water partition coefficient (Wildman–Crippen LogP) is 2.81. The van der Waals surface area contributed by atoms with Crippen LogP contribution in [0.3, 0.4) is 0 Å². The van der Waals surface area contributed by atoms with E-state index in [1.807, 2.05) is 19.2 Å². The summed E-state index contributed by atoms with van der Waals surface area (Å²) in [5.74, 6) is 0.157. The number of thiophene rings is 1. The van der Waals surface area contributed by atoms with Crippen molar-refractivity contribution in [1.29, 1.82) is 0 Å². The van der Waals surface area contributed by atoms with Crippen molar-refractivity contribution in [2.75, 3.05) is 12.4 Å². The lowest BCUT2D eigenvalue weighted by atomic mass is 10.2. The molecule has 2 rings (SSSR count). The molecule has 1 N–H and O–H groups in total. The van der Waals surface area contributed by atoms with Gasteiger partial charge in [0.05, 0.1) is 13.2 Å². The molecule has 2 aromatic rings. The number of esters is 1. The fraction of sp³-hybridized carbons (Fsp3) is 0.308. The van der Waals surface area contributed by atoms with Crippen LogP contribution in [0.4, 0.5) is 5.82 Å². The summed E-state index contributed by atoms with van der Waals surface area (Å²) in [6.07, 6.45) is 0. The number of methoxy groups -OCH3 is 1. The molecule has 0 aromatic carbocycles. The molecular formula is C13H15N3O2S. The maximum atomic E-state index is 11.5. The van der Waals surface area contributed by atoms with Gasteiger partial charge in [0, 0.05) is 11.8 Å². The molecule has 0 aliphatic carbocycles. The van der Waals surface area contributed by atoms with E-state index in [1.54, 1.807) is 17.4 Å². The van der Waals surface area contributed by atoms with Gasteiger partial charge < -0.3 is 10.1 Å². The van der Waals surface area contributed by atoms with Crippen LogP contribution in [0.15, 0.2) is 22.9 Å². The van der Waals surface area contributed by atoms with Crippen LogP contribution >= 0.6 is 11.3 Å². The number of aromatic nitrogens is 2. The molecule has 1 unspecified atom stereocenters. The predicted molar refractivity (Wildman–Crippen MR) is 74.5 cm³/mol. The van der Waals surface area contributed by atoms with Crippen LogP contribution in [0.5, 0.6) is 0 Å². The molecule has 1 atom stereocenters. The van der Waals surface area contributed by atoms with Crippen molar-refractivity contribution in [1.82, 2.24) is 9.97 Å². The van der Waals surface area contributed by atoms with Gasteiger partial charge in [-0.05, 0) is 36.2 Å². The van der Waals surface area contributed by atoms with Crippen molar-refractivity contribution in [3.05, 3.63) is 40.0 Å². The van der Waals surface area contributed by atoms with Crippen molar-refractivity contribution in [3.63, 3.8) is 0 Å². The summed E-state index contributed by atoms with van der Waals surface area (Å²) in [6, 6.07) is 3.97. The van der Waals surface area contributed by atoms with Crippen LogP contribution in [0.2, 0.25) is 0 Å². The Kier molecular flexibility index (Phi) is 4.11. The van der Waals surface area contributed by atoms with E-state index in [9.17, 15) is 4.79 Å². The number of hydrogen-bond acceptors (Lipinski definition) is 6. The number of nitrogens with zero attached hydrogens (tertiary/aromatic N) is 2. The number of aryl methyl sites for hydroxylation is 1. The third kappa shape index (κ3) is 3.29. The maximum Gasteiger partial charge on any atom is 0.376 e. The molecule has 0 spiro atoms. The highest BCUT2D eigenvalue weighted by molar-refractivity contribution is 7.07. The Balaban J connectivity index is 2.20. The SMILES string of the molecule is COC(=O)c1nc(C)cc(NC(C)c2ccsc2)n1. The highest BCUT2D eigenvalue weighted by Gasteiger charge is 2.13. The van der Waals surface area contributed by atoms with Gasteiger partial charge in [-0.25, -0.2) is 14.8 Å². The summed E-state index contributed by atoms with van der Waals surface area (Å²) < 4.78 is 4.63. The minimum absolute atomic E-state index is 0.0718. The molecule has 0 amide bonds. The molecule has 0 fully saturated rings. The first-order valence-corrected chi connectivity index (χ1v) is 6.77. The van der Waals surface area contributed by atoms with Crippen molar-refractivity contribution in [2.45, 2.75) is 19.9 Å². The van der Waals surface area contributed by atoms with Crippen molar-refractivity contribution >= 4 is 23.1 Å². The highest BCUT2D eigenvalue weighted by Crippen LogP contribution is 2.20. The molecule has 0 saturated heterocycles. The second-order valence-electron chi connectivity index (χ2n) is 4.13. The molecule has 0 radical (unpaired) electrons. The largest absolute Gasteiger partial charge is 0.463 e. The quantitative estimate of drug-likeness (QED) is 0.871. The number of carbonyl (C=O) groups excluding carboxylic acids is 1. The first kappa shape index (κ1) is 13.5. The van der Waals surface area contributed by atoms with E-state index < -0.39 is 5.97 Å². The molecule has 5 nitrogen and oxygen atoms in total. The lowest BCUT2D eigenvalue weighted by Crippen LogP contribution is -2.13. The standard InChI is InChI=1S/C13H15N3O2S/c1-8-6-11(16-12(14-8)13(17)18-3)15-9(2)10-4-5-19-7-10/h4-7,9H,1-3H3,(H,14,15,16). The summed E-state index contributed by atoms with van der Waals surface area (Å²) in [5, 5.41) is 7.35. The summed E-state index contributed by atoms with van der Waals surface area (Å²) in [5.41, 5.74) is 1.90. The molecule has 19 heavy (non-hydrogen) atoms. The van der Waals surface area contributed by atoms with Gasteiger partial charge in [-0.15, -0.1) is 0 Å². The number of rotatable bonds is 4. The fourth-order valence-electron chi connectivity index (χ4n) is 1.65. The summed E-state index contributed by atoms with van der Waals surface area (Å²) in [6.45, 7) is 3.85. The average molecular weight is 277 g/mol. The Bertz CT molecular complexity index is 569. The lowest BCUT2D eigenvalue weighted by molar-refractivity contribution is 0.0586. The van der Waals surface area contributed by atoms with Gasteiger partial charge in [0.15, 0.2) is 0 Å². The lowest BCUT2D eigenvalue weighted by Gasteiger charge is -2.14. The van der Waals surface area contributed by atoms with Crippen LogP contribution in [0.1, 0.15) is 34.8 Å². The zero-order chi connectivity index (χ0) is 13.8. The van der Waals surface area contributed by atoms with Crippen LogP contribution < -0.4 is 5.32 Å². The zero-order valence-electron chi connectivity index (χ0n) is 11.0. The normalized spacial score (nSPS) is 11.9. The number of ether oxygens (including phenoxy) is 1. The average Bonchev–Trinajstić information content (AvgIpc) is 2.91. The topological polar surface area (TPSA) is 64.1 Å². The smallest absolute Gasteiger partial charge is 0.376 e. The van der Waals surface area contributed by atoms with E-state index in [2.05, 4.69) is 31.5 Å². The minimum Gasteiger partial charge on any atom is -0.463 e. The summed E-state index contributed by atoms with van der Waals surface area (Å²) in [4.78, 5) is 19.7. The van der Waals surface area contributed by atoms with E-state index in [4.69, 9.17) is 0 Å². The van der Waals surface area contributed by atoms with Gasteiger partial charge >= 0.3 is 5.97 Å². The molecular weight excluding hydrogens is 262 g/mol. The van der Waals surface area contributed by atoms with Crippen LogP contribution in [0, 0.1) is 6.92 Å². The second-order valence-corrected chi connectivity index (χ2v) is 4.91. The van der Waals surface area contributed by atoms with Gasteiger partial charge in [-0.1, -0.05) is 0 Å². The summed E-state index contributed by atoms with van der Waals surface area (Å²) >= 11 is 1.65. The molecule has 0 aliphatic heterocycles. The van der Waals surface area contributed by atoms with Gasteiger partial charge in [0.2, 0.25) is 5.82 Å². The van der Waals surface area contributed by atoms with Crippen molar-refractivity contribution in [2.24, 2.45) is 0 Å². The summed E-state index contributed by atoms with van der Waals surface area (Å²) in [7, 11) is 1.31. The third-order valence-electron chi connectivity index (χ3n) is 2.63. The Morgan fingerprint density at radius 2 is 2.26 bits per heavy atom. The van der Waals surface area contributed by atoms with E-state index in [1.165, 1.54) is 12.7 Å². The molecule has 2 aromatic heterocycles. The molecule has 100 valence electrons. The first-order valence-electron chi connectivity index (χ1n) is 5.83. The molecule has 0 saturated carbocycles. The Labute approximate surface area is 115 Å². The number of hydrogen-bond donors (Lipinski definition) is 1. The molecule has 0 aliphatic rings. The Hall–Kier alpha value is -1.95. The Morgan fingerprint density at radius 3 is 2.89 bits per heavy atom.